The number of ether oxygens (including phenoxy) is 1. The fourth-order valence-corrected chi connectivity index (χ4v) is 4.18. The van der Waals surface area contributed by atoms with Crippen LogP contribution in [0, 0.1) is 17.3 Å². The van der Waals surface area contributed by atoms with Gasteiger partial charge in [0.05, 0.1) is 6.10 Å². The number of hydrogen-bond donors (Lipinski definition) is 1. The molecule has 0 spiro atoms. The molecule has 0 aromatic rings. The summed E-state index contributed by atoms with van der Waals surface area (Å²) in [6.07, 6.45) is 6.90. The van der Waals surface area contributed by atoms with Crippen LogP contribution >= 0.6 is 0 Å². The van der Waals surface area contributed by atoms with E-state index in [1.165, 1.54) is 38.6 Å². The molecular formula is C17H34N2O. The van der Waals surface area contributed by atoms with Crippen molar-refractivity contribution in [2.75, 3.05) is 26.7 Å². The zero-order valence-corrected chi connectivity index (χ0v) is 13.9. The number of nitrogens with zero attached hydrogens (tertiary/aromatic N) is 1. The SMILES string of the molecule is CCC(C)(C)C1CCC(CN)C(N2CCC(OC)C2)C1. The summed E-state index contributed by atoms with van der Waals surface area (Å²) in [4.78, 5) is 2.67. The maximum absolute atomic E-state index is 6.06. The molecule has 1 saturated carbocycles. The molecule has 1 heterocycles. The van der Waals surface area contributed by atoms with Crippen LogP contribution in [0.3, 0.4) is 0 Å². The van der Waals surface area contributed by atoms with Crippen molar-refractivity contribution in [1.82, 2.24) is 4.90 Å². The third kappa shape index (κ3) is 3.37. The highest BCUT2D eigenvalue weighted by Gasteiger charge is 2.40. The van der Waals surface area contributed by atoms with Crippen LogP contribution in [-0.2, 0) is 4.74 Å². The van der Waals surface area contributed by atoms with Crippen LogP contribution in [-0.4, -0.2) is 43.8 Å². The lowest BCUT2D eigenvalue weighted by molar-refractivity contribution is 0.0370. The second kappa shape index (κ2) is 6.76. The average Bonchev–Trinajstić information content (AvgIpc) is 2.95. The van der Waals surface area contributed by atoms with Crippen molar-refractivity contribution in [3.05, 3.63) is 0 Å². The molecule has 118 valence electrons. The zero-order valence-electron chi connectivity index (χ0n) is 13.9. The largest absolute Gasteiger partial charge is 0.380 e. The lowest BCUT2D eigenvalue weighted by Gasteiger charge is -2.46. The third-order valence-corrected chi connectivity index (χ3v) is 6.25. The van der Waals surface area contributed by atoms with Crippen LogP contribution in [0.15, 0.2) is 0 Å². The van der Waals surface area contributed by atoms with Crippen LogP contribution in [0.4, 0.5) is 0 Å². The van der Waals surface area contributed by atoms with Gasteiger partial charge in [0.2, 0.25) is 0 Å². The molecule has 0 radical (unpaired) electrons. The second-order valence-corrected chi connectivity index (χ2v) is 7.56. The molecule has 2 rings (SSSR count). The Morgan fingerprint density at radius 1 is 1.25 bits per heavy atom. The molecule has 1 aliphatic heterocycles. The first-order chi connectivity index (χ1) is 9.51. The molecule has 20 heavy (non-hydrogen) atoms. The lowest BCUT2D eigenvalue weighted by atomic mass is 9.65. The summed E-state index contributed by atoms with van der Waals surface area (Å²) < 4.78 is 5.54. The van der Waals surface area contributed by atoms with Gasteiger partial charge < -0.3 is 10.5 Å². The van der Waals surface area contributed by atoms with Crippen molar-refractivity contribution in [2.45, 2.75) is 65.0 Å². The fourth-order valence-electron chi connectivity index (χ4n) is 4.18. The molecule has 2 fully saturated rings. The Morgan fingerprint density at radius 3 is 2.55 bits per heavy atom. The highest BCUT2D eigenvalue weighted by molar-refractivity contribution is 4.94. The van der Waals surface area contributed by atoms with Crippen LogP contribution in [0.1, 0.15) is 52.9 Å². The predicted octanol–water partition coefficient (Wildman–Crippen LogP) is 2.89. The van der Waals surface area contributed by atoms with Crippen molar-refractivity contribution >= 4 is 0 Å². The second-order valence-electron chi connectivity index (χ2n) is 7.56. The number of nitrogens with two attached hydrogens (primary N) is 1. The van der Waals surface area contributed by atoms with Gasteiger partial charge in [-0.05, 0) is 49.5 Å². The summed E-state index contributed by atoms with van der Waals surface area (Å²) >= 11 is 0. The van der Waals surface area contributed by atoms with Crippen molar-refractivity contribution in [1.29, 1.82) is 0 Å². The van der Waals surface area contributed by atoms with E-state index in [2.05, 4.69) is 25.7 Å². The molecule has 2 N–H and O–H groups in total. The first-order valence-electron chi connectivity index (χ1n) is 8.48. The van der Waals surface area contributed by atoms with Gasteiger partial charge in [-0.25, -0.2) is 0 Å². The van der Waals surface area contributed by atoms with E-state index in [1.807, 2.05) is 7.11 Å². The molecule has 0 aromatic carbocycles. The Morgan fingerprint density at radius 2 is 2.00 bits per heavy atom. The van der Waals surface area contributed by atoms with Crippen molar-refractivity contribution < 1.29 is 4.74 Å². The third-order valence-electron chi connectivity index (χ3n) is 6.25. The standard InChI is InChI=1S/C17H34N2O/c1-5-17(2,3)14-7-6-13(11-18)16(10-14)19-9-8-15(12-19)20-4/h13-16H,5-12,18H2,1-4H3. The van der Waals surface area contributed by atoms with Gasteiger partial charge in [0.25, 0.3) is 0 Å². The van der Waals surface area contributed by atoms with Gasteiger partial charge in [-0.3, -0.25) is 4.90 Å². The van der Waals surface area contributed by atoms with Gasteiger partial charge in [0.15, 0.2) is 0 Å². The topological polar surface area (TPSA) is 38.5 Å². The highest BCUT2D eigenvalue weighted by atomic mass is 16.5. The minimum atomic E-state index is 0.438. The Labute approximate surface area is 125 Å². The van der Waals surface area contributed by atoms with Crippen LogP contribution in [0.5, 0.6) is 0 Å². The van der Waals surface area contributed by atoms with Crippen LogP contribution in [0.2, 0.25) is 0 Å². The number of methoxy groups -OCH3 is 1. The van der Waals surface area contributed by atoms with E-state index in [9.17, 15) is 0 Å². The van der Waals surface area contributed by atoms with E-state index < -0.39 is 0 Å². The van der Waals surface area contributed by atoms with E-state index >= 15 is 0 Å². The minimum Gasteiger partial charge on any atom is -0.380 e. The monoisotopic (exact) mass is 282 g/mol. The Hall–Kier alpha value is -0.120. The Kier molecular flexibility index (Phi) is 5.49. The van der Waals surface area contributed by atoms with Crippen LogP contribution < -0.4 is 5.73 Å². The van der Waals surface area contributed by atoms with Gasteiger partial charge >= 0.3 is 0 Å². The summed E-state index contributed by atoms with van der Waals surface area (Å²) in [5.41, 5.74) is 6.53. The molecule has 0 bridgehead atoms. The van der Waals surface area contributed by atoms with E-state index in [0.29, 0.717) is 23.5 Å². The Bertz CT molecular complexity index is 305. The summed E-state index contributed by atoms with van der Waals surface area (Å²) in [7, 11) is 1.85. The number of rotatable bonds is 5. The van der Waals surface area contributed by atoms with E-state index in [1.54, 1.807) is 0 Å². The summed E-state index contributed by atoms with van der Waals surface area (Å²) in [5, 5.41) is 0. The molecule has 3 heteroatoms. The molecular weight excluding hydrogens is 248 g/mol. The van der Waals surface area contributed by atoms with Gasteiger partial charge in [0, 0.05) is 26.2 Å². The van der Waals surface area contributed by atoms with E-state index in [4.69, 9.17) is 10.5 Å². The average molecular weight is 282 g/mol. The van der Waals surface area contributed by atoms with Crippen molar-refractivity contribution in [3.63, 3.8) is 0 Å². The molecule has 4 atom stereocenters. The van der Waals surface area contributed by atoms with Gasteiger partial charge in [-0.1, -0.05) is 27.2 Å². The molecule has 0 aromatic heterocycles. The normalized spacial score (nSPS) is 36.5. The molecule has 1 aliphatic carbocycles. The number of likely N-dealkylation sites (tertiary alicyclic amines) is 1. The molecule has 2 aliphatic rings. The highest BCUT2D eigenvalue weighted by Crippen LogP contribution is 2.43. The minimum absolute atomic E-state index is 0.438. The van der Waals surface area contributed by atoms with E-state index in [0.717, 1.165) is 19.0 Å². The van der Waals surface area contributed by atoms with Crippen LogP contribution in [0.25, 0.3) is 0 Å². The van der Waals surface area contributed by atoms with Crippen molar-refractivity contribution in [2.24, 2.45) is 23.0 Å². The summed E-state index contributed by atoms with van der Waals surface area (Å²) in [6.45, 7) is 10.4. The first-order valence-corrected chi connectivity index (χ1v) is 8.48. The quantitative estimate of drug-likeness (QED) is 0.842. The lowest BCUT2D eigenvalue weighted by Crippen LogP contribution is -2.48. The molecule has 0 amide bonds. The van der Waals surface area contributed by atoms with Gasteiger partial charge in [0.1, 0.15) is 0 Å². The zero-order chi connectivity index (χ0) is 14.8. The number of hydrogen-bond acceptors (Lipinski definition) is 3. The van der Waals surface area contributed by atoms with E-state index in [-0.39, 0.29) is 0 Å². The fraction of sp³-hybridized carbons (Fsp3) is 1.00. The summed E-state index contributed by atoms with van der Waals surface area (Å²) in [6, 6.07) is 0.685. The first kappa shape index (κ1) is 16.3. The Balaban J connectivity index is 2.03. The smallest absolute Gasteiger partial charge is 0.0710 e. The molecule has 1 saturated heterocycles. The maximum Gasteiger partial charge on any atom is 0.0710 e. The molecule has 4 unspecified atom stereocenters. The van der Waals surface area contributed by atoms with Crippen molar-refractivity contribution in [3.8, 4) is 0 Å². The molecule has 3 nitrogen and oxygen atoms in total. The maximum atomic E-state index is 6.06. The predicted molar refractivity (Wildman–Crippen MR) is 84.7 cm³/mol. The van der Waals surface area contributed by atoms with Gasteiger partial charge in [-0.15, -0.1) is 0 Å². The van der Waals surface area contributed by atoms with Gasteiger partial charge in [-0.2, -0.15) is 0 Å². The summed E-state index contributed by atoms with van der Waals surface area (Å²) in [5.74, 6) is 1.54.